The number of anilines is 1. The lowest BCUT2D eigenvalue weighted by Crippen LogP contribution is -2.14. The molecule has 1 amide bonds. The predicted octanol–water partition coefficient (Wildman–Crippen LogP) is 3.92. The molecule has 0 unspecified atom stereocenters. The third-order valence-corrected chi connectivity index (χ3v) is 3.81. The highest BCUT2D eigenvalue weighted by Crippen LogP contribution is 2.22. The molecule has 0 bridgehead atoms. The molecule has 3 nitrogen and oxygen atoms in total. The topological polar surface area (TPSA) is 49.3 Å². The molecule has 0 saturated carbocycles. The molecule has 2 N–H and O–H groups in total. The maximum Gasteiger partial charge on any atom is 0.234 e. The highest BCUT2D eigenvalue weighted by atomic mass is 35.5. The lowest BCUT2D eigenvalue weighted by molar-refractivity contribution is -0.113. The summed E-state index contributed by atoms with van der Waals surface area (Å²) in [4.78, 5) is 11.8. The summed E-state index contributed by atoms with van der Waals surface area (Å²) in [6.45, 7) is 0. The van der Waals surface area contributed by atoms with Crippen LogP contribution >= 0.6 is 23.4 Å². The van der Waals surface area contributed by atoms with Crippen LogP contribution < -0.4 is 5.32 Å². The Morgan fingerprint density at radius 1 is 1.20 bits per heavy atom. The molecule has 0 atom stereocenters. The van der Waals surface area contributed by atoms with Crippen molar-refractivity contribution in [3.05, 3.63) is 59.1 Å². The van der Waals surface area contributed by atoms with Gasteiger partial charge in [-0.2, -0.15) is 0 Å². The molecule has 104 valence electrons. The predicted molar refractivity (Wildman–Crippen MR) is 84.4 cm³/mol. The van der Waals surface area contributed by atoms with Gasteiger partial charge < -0.3 is 10.4 Å². The van der Waals surface area contributed by atoms with Gasteiger partial charge in [-0.3, -0.25) is 4.79 Å². The second kappa shape index (κ2) is 7.22. The minimum absolute atomic E-state index is 0.0701. The summed E-state index contributed by atoms with van der Waals surface area (Å²) in [7, 11) is 0. The minimum Gasteiger partial charge on any atom is -0.506 e. The highest BCUT2D eigenvalue weighted by Gasteiger charge is 2.06. The number of nitrogens with one attached hydrogen (secondary N) is 1. The number of phenolic OH excluding ortho intramolecular Hbond substituents is 1. The molecule has 0 aliphatic carbocycles. The molecule has 2 rings (SSSR count). The summed E-state index contributed by atoms with van der Waals surface area (Å²) in [6, 6.07) is 14.2. The van der Waals surface area contributed by atoms with E-state index in [4.69, 9.17) is 11.6 Å². The number of thioether (sulfide) groups is 1. The van der Waals surface area contributed by atoms with Crippen LogP contribution in [0.15, 0.2) is 48.5 Å². The van der Waals surface area contributed by atoms with Gasteiger partial charge in [0.15, 0.2) is 0 Å². The minimum atomic E-state index is -0.140. The molecule has 0 aromatic heterocycles. The first-order chi connectivity index (χ1) is 9.65. The van der Waals surface area contributed by atoms with Gasteiger partial charge in [0.25, 0.3) is 0 Å². The van der Waals surface area contributed by atoms with Crippen LogP contribution in [-0.4, -0.2) is 16.8 Å². The Labute approximate surface area is 127 Å². The molecular weight excluding hydrogens is 294 g/mol. The molecule has 0 aliphatic rings. The van der Waals surface area contributed by atoms with Crippen LogP contribution in [0.1, 0.15) is 5.56 Å². The summed E-state index contributed by atoms with van der Waals surface area (Å²) in [5.74, 6) is 0.967. The van der Waals surface area contributed by atoms with E-state index in [1.165, 1.54) is 17.8 Å². The normalized spacial score (nSPS) is 10.2. The number of halogens is 1. The zero-order chi connectivity index (χ0) is 14.4. The zero-order valence-electron chi connectivity index (χ0n) is 10.7. The van der Waals surface area contributed by atoms with E-state index in [0.717, 1.165) is 11.3 Å². The fourth-order valence-electron chi connectivity index (χ4n) is 1.65. The molecule has 0 radical (unpaired) electrons. The van der Waals surface area contributed by atoms with Gasteiger partial charge in [0.1, 0.15) is 5.75 Å². The van der Waals surface area contributed by atoms with Crippen molar-refractivity contribution in [2.75, 3.05) is 11.1 Å². The Morgan fingerprint density at radius 3 is 2.75 bits per heavy atom. The van der Waals surface area contributed by atoms with Crippen LogP contribution in [0.2, 0.25) is 5.02 Å². The molecule has 0 saturated heterocycles. The van der Waals surface area contributed by atoms with Crippen molar-refractivity contribution in [3.8, 4) is 5.75 Å². The third-order valence-electron chi connectivity index (χ3n) is 2.57. The van der Waals surface area contributed by atoms with Crippen molar-refractivity contribution in [1.82, 2.24) is 0 Å². The standard InChI is InChI=1S/C15H14ClNO2S/c16-12-5-3-4-11(8-12)9-20-10-15(19)17-13-6-1-2-7-14(13)18/h1-8,18H,9-10H2,(H,17,19). The second-order valence-electron chi connectivity index (χ2n) is 4.19. The number of benzene rings is 2. The second-order valence-corrected chi connectivity index (χ2v) is 5.61. The smallest absolute Gasteiger partial charge is 0.234 e. The van der Waals surface area contributed by atoms with Gasteiger partial charge in [-0.25, -0.2) is 0 Å². The van der Waals surface area contributed by atoms with E-state index < -0.39 is 0 Å². The van der Waals surface area contributed by atoms with Crippen LogP contribution in [0.4, 0.5) is 5.69 Å². The lowest BCUT2D eigenvalue weighted by Gasteiger charge is -2.07. The Hall–Kier alpha value is -1.65. The molecule has 2 aromatic carbocycles. The van der Waals surface area contributed by atoms with Crippen molar-refractivity contribution in [2.24, 2.45) is 0 Å². The first-order valence-corrected chi connectivity index (χ1v) is 7.58. The summed E-state index contributed by atoms with van der Waals surface area (Å²) >= 11 is 7.39. The molecule has 0 fully saturated rings. The zero-order valence-corrected chi connectivity index (χ0v) is 12.2. The average Bonchev–Trinajstić information content (AvgIpc) is 2.41. The molecule has 0 spiro atoms. The van der Waals surface area contributed by atoms with E-state index >= 15 is 0 Å². The first-order valence-electron chi connectivity index (χ1n) is 6.05. The Morgan fingerprint density at radius 2 is 2.00 bits per heavy atom. The molecule has 0 heterocycles. The fourth-order valence-corrected chi connectivity index (χ4v) is 2.64. The quantitative estimate of drug-likeness (QED) is 0.823. The molecule has 0 aliphatic heterocycles. The number of amides is 1. The van der Waals surface area contributed by atoms with E-state index in [-0.39, 0.29) is 11.7 Å². The van der Waals surface area contributed by atoms with Crippen LogP contribution in [0.3, 0.4) is 0 Å². The number of hydrogen-bond donors (Lipinski definition) is 2. The van der Waals surface area contributed by atoms with Crippen molar-refractivity contribution in [3.63, 3.8) is 0 Å². The molecule has 5 heteroatoms. The summed E-state index contributed by atoms with van der Waals surface area (Å²) < 4.78 is 0. The van der Waals surface area contributed by atoms with Crippen LogP contribution in [-0.2, 0) is 10.5 Å². The van der Waals surface area contributed by atoms with Crippen molar-refractivity contribution in [1.29, 1.82) is 0 Å². The van der Waals surface area contributed by atoms with Crippen LogP contribution in [0.25, 0.3) is 0 Å². The van der Waals surface area contributed by atoms with Gasteiger partial charge in [0, 0.05) is 10.8 Å². The third kappa shape index (κ3) is 4.47. The largest absolute Gasteiger partial charge is 0.506 e. The van der Waals surface area contributed by atoms with Gasteiger partial charge in [-0.05, 0) is 29.8 Å². The monoisotopic (exact) mass is 307 g/mol. The number of para-hydroxylation sites is 2. The van der Waals surface area contributed by atoms with Crippen LogP contribution in [0.5, 0.6) is 5.75 Å². The van der Waals surface area contributed by atoms with Gasteiger partial charge >= 0.3 is 0 Å². The van der Waals surface area contributed by atoms with Crippen molar-refractivity contribution >= 4 is 35.0 Å². The summed E-state index contributed by atoms with van der Waals surface area (Å²) in [6.07, 6.45) is 0. The highest BCUT2D eigenvalue weighted by molar-refractivity contribution is 7.99. The number of carbonyl (C=O) groups excluding carboxylic acids is 1. The van der Waals surface area contributed by atoms with Crippen LogP contribution in [0, 0.1) is 0 Å². The number of hydrogen-bond acceptors (Lipinski definition) is 3. The van der Waals surface area contributed by atoms with Gasteiger partial charge in [0.05, 0.1) is 11.4 Å². The van der Waals surface area contributed by atoms with Gasteiger partial charge in [-0.15, -0.1) is 11.8 Å². The van der Waals surface area contributed by atoms with Gasteiger partial charge in [-0.1, -0.05) is 35.9 Å². The van der Waals surface area contributed by atoms with E-state index in [1.807, 2.05) is 24.3 Å². The number of phenols is 1. The SMILES string of the molecule is O=C(CSCc1cccc(Cl)c1)Nc1ccccc1O. The number of rotatable bonds is 5. The van der Waals surface area contributed by atoms with Crippen molar-refractivity contribution < 1.29 is 9.90 Å². The Bertz CT molecular complexity index is 604. The maximum absolute atomic E-state index is 11.8. The number of carbonyl (C=O) groups is 1. The van der Waals surface area contributed by atoms with E-state index in [9.17, 15) is 9.90 Å². The Kier molecular flexibility index (Phi) is 5.32. The van der Waals surface area contributed by atoms with Gasteiger partial charge in [0.2, 0.25) is 5.91 Å². The molecule has 20 heavy (non-hydrogen) atoms. The fraction of sp³-hybridized carbons (Fsp3) is 0.133. The van der Waals surface area contributed by atoms with Crippen molar-refractivity contribution in [2.45, 2.75) is 5.75 Å². The van der Waals surface area contributed by atoms with E-state index in [1.54, 1.807) is 18.2 Å². The number of aromatic hydroxyl groups is 1. The summed E-state index contributed by atoms with van der Waals surface area (Å²) in [5.41, 5.74) is 1.51. The Balaban J connectivity index is 1.80. The average molecular weight is 308 g/mol. The molecule has 2 aromatic rings. The molecular formula is C15H14ClNO2S. The van der Waals surface area contributed by atoms with E-state index in [2.05, 4.69) is 5.32 Å². The summed E-state index contributed by atoms with van der Waals surface area (Å²) in [5, 5.41) is 12.9. The maximum atomic E-state index is 11.8. The first kappa shape index (κ1) is 14.8. The lowest BCUT2D eigenvalue weighted by atomic mass is 10.2. The van der Waals surface area contributed by atoms with E-state index in [0.29, 0.717) is 16.5 Å².